The van der Waals surface area contributed by atoms with Crippen molar-refractivity contribution in [3.63, 3.8) is 0 Å². The van der Waals surface area contributed by atoms with Crippen molar-refractivity contribution in [1.82, 2.24) is 0 Å². The van der Waals surface area contributed by atoms with E-state index in [0.717, 1.165) is 0 Å². The summed E-state index contributed by atoms with van der Waals surface area (Å²) in [6, 6.07) is 11.4. The van der Waals surface area contributed by atoms with Crippen molar-refractivity contribution in [2.45, 2.75) is 39.5 Å². The third-order valence-corrected chi connectivity index (χ3v) is 2.63. The highest BCUT2D eigenvalue weighted by Gasteiger charge is 2.03. The lowest BCUT2D eigenvalue weighted by Gasteiger charge is -2.24. The van der Waals surface area contributed by atoms with Crippen LogP contribution in [0.1, 0.15) is 39.5 Å². The molecule has 1 rings (SSSR count). The van der Waals surface area contributed by atoms with Crippen LogP contribution in [0.4, 0.5) is 5.69 Å². The molecule has 0 saturated carbocycles. The Balaban J connectivity index is 2.55. The summed E-state index contributed by atoms with van der Waals surface area (Å²) in [6.45, 7) is 6.86. The van der Waals surface area contributed by atoms with Crippen LogP contribution in [-0.4, -0.2) is 13.1 Å². The Morgan fingerprint density at radius 1 is 1.00 bits per heavy atom. The van der Waals surface area contributed by atoms with Crippen molar-refractivity contribution in [2.75, 3.05) is 18.0 Å². The monoisotopic (exact) mass is 204 g/mol. The fourth-order valence-corrected chi connectivity index (χ4v) is 1.66. The average Bonchev–Trinajstić information content (AvgIpc) is 2.30. The number of anilines is 1. The van der Waals surface area contributed by atoms with Crippen molar-refractivity contribution < 1.29 is 0 Å². The van der Waals surface area contributed by atoms with Crippen molar-refractivity contribution in [1.29, 1.82) is 0 Å². The topological polar surface area (TPSA) is 3.24 Å². The van der Waals surface area contributed by atoms with Gasteiger partial charge in [0.1, 0.15) is 0 Å². The molecular weight excluding hydrogens is 182 g/mol. The van der Waals surface area contributed by atoms with Crippen molar-refractivity contribution >= 4 is 5.69 Å². The fraction of sp³-hybridized carbons (Fsp3) is 0.571. The molecular formula is C14H22N. The summed E-state index contributed by atoms with van der Waals surface area (Å²) in [7, 11) is 0. The number of hydrogen-bond donors (Lipinski definition) is 0. The molecule has 0 bridgehead atoms. The molecule has 0 fully saturated rings. The van der Waals surface area contributed by atoms with Crippen LogP contribution in [0.25, 0.3) is 0 Å². The number of rotatable bonds is 7. The van der Waals surface area contributed by atoms with E-state index in [1.54, 1.807) is 0 Å². The van der Waals surface area contributed by atoms with Gasteiger partial charge >= 0.3 is 0 Å². The predicted molar refractivity (Wildman–Crippen MR) is 67.3 cm³/mol. The minimum atomic E-state index is 1.18. The summed E-state index contributed by atoms with van der Waals surface area (Å²) >= 11 is 0. The molecule has 1 radical (unpaired) electrons. The van der Waals surface area contributed by atoms with E-state index in [-0.39, 0.29) is 0 Å². The van der Waals surface area contributed by atoms with Crippen molar-refractivity contribution in [3.05, 3.63) is 30.3 Å². The molecule has 0 N–H and O–H groups in total. The lowest BCUT2D eigenvalue weighted by molar-refractivity contribution is 0.678. The third-order valence-electron chi connectivity index (χ3n) is 2.63. The van der Waals surface area contributed by atoms with Gasteiger partial charge in [0.15, 0.2) is 0 Å². The van der Waals surface area contributed by atoms with Gasteiger partial charge in [-0.15, -0.1) is 0 Å². The first kappa shape index (κ1) is 12.1. The van der Waals surface area contributed by atoms with E-state index >= 15 is 0 Å². The molecule has 83 valence electrons. The first-order chi connectivity index (χ1) is 7.38. The standard InChI is InChI=1S/C14H22N/c1-3-5-12-15(13-6-4-2)14-10-8-7-9-11-14/h8-11H,3-6,12-13H2,1-2H3. The zero-order valence-corrected chi connectivity index (χ0v) is 10.00. The second-order valence-corrected chi connectivity index (χ2v) is 3.95. The highest BCUT2D eigenvalue weighted by molar-refractivity contribution is 5.45. The number of hydrogen-bond acceptors (Lipinski definition) is 1. The zero-order chi connectivity index (χ0) is 10.9. The Bertz CT molecular complexity index is 235. The van der Waals surface area contributed by atoms with Crippen LogP contribution in [0.5, 0.6) is 0 Å². The van der Waals surface area contributed by atoms with E-state index in [1.807, 2.05) is 12.1 Å². The predicted octanol–water partition coefficient (Wildman–Crippen LogP) is 3.89. The van der Waals surface area contributed by atoms with Crippen molar-refractivity contribution in [3.8, 4) is 0 Å². The van der Waals surface area contributed by atoms with Gasteiger partial charge in [-0.05, 0) is 31.0 Å². The molecule has 1 aromatic carbocycles. The molecule has 0 saturated heterocycles. The number of unbranched alkanes of at least 4 members (excludes halogenated alkanes) is 2. The van der Waals surface area contributed by atoms with Crippen LogP contribution in [0.3, 0.4) is 0 Å². The Hall–Kier alpha value is -0.980. The van der Waals surface area contributed by atoms with Gasteiger partial charge in [0.05, 0.1) is 0 Å². The van der Waals surface area contributed by atoms with Gasteiger partial charge < -0.3 is 4.90 Å². The lowest BCUT2D eigenvalue weighted by atomic mass is 10.2. The molecule has 1 heteroatoms. The Labute approximate surface area is 94.1 Å². The quantitative estimate of drug-likeness (QED) is 0.651. The smallest absolute Gasteiger partial charge is 0.0366 e. The van der Waals surface area contributed by atoms with E-state index in [2.05, 4.69) is 36.9 Å². The minimum Gasteiger partial charge on any atom is -0.372 e. The van der Waals surface area contributed by atoms with Crippen LogP contribution in [0.15, 0.2) is 24.3 Å². The van der Waals surface area contributed by atoms with Crippen LogP contribution in [0, 0.1) is 6.07 Å². The second-order valence-electron chi connectivity index (χ2n) is 3.95. The van der Waals surface area contributed by atoms with E-state index in [0.29, 0.717) is 0 Å². The van der Waals surface area contributed by atoms with E-state index in [9.17, 15) is 0 Å². The van der Waals surface area contributed by atoms with Gasteiger partial charge in [-0.25, -0.2) is 0 Å². The fourth-order valence-electron chi connectivity index (χ4n) is 1.66. The molecule has 0 aliphatic heterocycles. The number of benzene rings is 1. The maximum absolute atomic E-state index is 3.07. The third kappa shape index (κ3) is 4.37. The lowest BCUT2D eigenvalue weighted by Crippen LogP contribution is -2.25. The molecule has 0 aliphatic rings. The molecule has 1 nitrogen and oxygen atoms in total. The molecule has 0 spiro atoms. The SMILES string of the molecule is CCCCN(CCCC)c1cc[c]cc1. The number of nitrogens with zero attached hydrogens (tertiary/aromatic N) is 1. The highest BCUT2D eigenvalue weighted by atomic mass is 15.1. The Morgan fingerprint density at radius 2 is 1.53 bits per heavy atom. The highest BCUT2D eigenvalue weighted by Crippen LogP contribution is 2.14. The van der Waals surface area contributed by atoms with Gasteiger partial charge in [0.25, 0.3) is 0 Å². The van der Waals surface area contributed by atoms with Gasteiger partial charge in [-0.2, -0.15) is 0 Å². The maximum Gasteiger partial charge on any atom is 0.0366 e. The molecule has 0 amide bonds. The summed E-state index contributed by atoms with van der Waals surface area (Å²) in [5.74, 6) is 0. The molecule has 0 aliphatic carbocycles. The Morgan fingerprint density at radius 3 is 2.00 bits per heavy atom. The molecule has 0 atom stereocenters. The van der Waals surface area contributed by atoms with Gasteiger partial charge in [-0.3, -0.25) is 0 Å². The van der Waals surface area contributed by atoms with E-state index in [4.69, 9.17) is 0 Å². The zero-order valence-electron chi connectivity index (χ0n) is 10.00. The van der Waals surface area contributed by atoms with E-state index in [1.165, 1.54) is 44.5 Å². The van der Waals surface area contributed by atoms with E-state index < -0.39 is 0 Å². The first-order valence-electron chi connectivity index (χ1n) is 6.09. The average molecular weight is 204 g/mol. The van der Waals surface area contributed by atoms with Crippen molar-refractivity contribution in [2.24, 2.45) is 0 Å². The Kier molecular flexibility index (Phi) is 5.91. The summed E-state index contributed by atoms with van der Waals surface area (Å²) in [5, 5.41) is 0. The normalized spacial score (nSPS) is 10.3. The minimum absolute atomic E-state index is 1.18. The molecule has 15 heavy (non-hydrogen) atoms. The molecule has 0 unspecified atom stereocenters. The maximum atomic E-state index is 3.07. The largest absolute Gasteiger partial charge is 0.372 e. The van der Waals surface area contributed by atoms with Crippen LogP contribution in [-0.2, 0) is 0 Å². The van der Waals surface area contributed by atoms with Gasteiger partial charge in [-0.1, -0.05) is 38.8 Å². The summed E-state index contributed by atoms with van der Waals surface area (Å²) in [6.07, 6.45) is 5.09. The first-order valence-corrected chi connectivity index (χ1v) is 6.09. The van der Waals surface area contributed by atoms with Crippen LogP contribution >= 0.6 is 0 Å². The van der Waals surface area contributed by atoms with Gasteiger partial charge in [0, 0.05) is 18.8 Å². The van der Waals surface area contributed by atoms with Gasteiger partial charge in [0.2, 0.25) is 0 Å². The summed E-state index contributed by atoms with van der Waals surface area (Å²) in [4.78, 5) is 2.49. The van der Waals surface area contributed by atoms with Crippen LogP contribution in [0.2, 0.25) is 0 Å². The molecule has 0 aromatic heterocycles. The summed E-state index contributed by atoms with van der Waals surface area (Å²) in [5.41, 5.74) is 1.34. The molecule has 1 aromatic rings. The molecule has 0 heterocycles. The summed E-state index contributed by atoms with van der Waals surface area (Å²) < 4.78 is 0. The second kappa shape index (κ2) is 7.33. The van der Waals surface area contributed by atoms with Crippen LogP contribution < -0.4 is 4.90 Å².